The molecule has 0 aromatic heterocycles. The van der Waals surface area contributed by atoms with Crippen molar-refractivity contribution in [2.45, 2.75) is 37.9 Å². The van der Waals surface area contributed by atoms with Gasteiger partial charge < -0.3 is 10.6 Å². The lowest BCUT2D eigenvalue weighted by molar-refractivity contribution is -0.139. The van der Waals surface area contributed by atoms with Gasteiger partial charge in [0.1, 0.15) is 0 Å². The highest BCUT2D eigenvalue weighted by Crippen LogP contribution is 2.25. The zero-order valence-electron chi connectivity index (χ0n) is 8.58. The Kier molecular flexibility index (Phi) is 3.59. The van der Waals surface area contributed by atoms with Crippen LogP contribution >= 0.6 is 0 Å². The molecule has 15 heavy (non-hydrogen) atoms. The lowest BCUT2D eigenvalue weighted by Gasteiger charge is -2.34. The molecule has 1 saturated heterocycles. The van der Waals surface area contributed by atoms with Crippen molar-refractivity contribution in [3.8, 4) is 0 Å². The summed E-state index contributed by atoms with van der Waals surface area (Å²) in [4.78, 5) is 11.4. The van der Waals surface area contributed by atoms with Crippen molar-refractivity contribution in [2.24, 2.45) is 0 Å². The van der Waals surface area contributed by atoms with Gasteiger partial charge in [0, 0.05) is 19.5 Å². The summed E-state index contributed by atoms with van der Waals surface area (Å²) in [6.07, 6.45) is -4.79. The number of rotatable bonds is 3. The summed E-state index contributed by atoms with van der Waals surface area (Å²) >= 11 is 0. The Morgan fingerprint density at radius 1 is 1.40 bits per heavy atom. The second kappa shape index (κ2) is 4.38. The average Bonchev–Trinajstić information content (AvgIpc) is 2.08. The summed E-state index contributed by atoms with van der Waals surface area (Å²) in [5.74, 6) is -0.212. The minimum absolute atomic E-state index is 0.0274. The molecule has 1 fully saturated rings. The number of carbonyl (C=O) groups is 1. The fraction of sp³-hybridized carbons (Fsp3) is 0.889. The molecule has 0 radical (unpaired) electrons. The molecule has 1 aliphatic heterocycles. The Balaban J connectivity index is 2.39. The number of nitrogens with one attached hydrogen (secondary N) is 2. The summed E-state index contributed by atoms with van der Waals surface area (Å²) in [7, 11) is 0. The molecule has 0 aliphatic carbocycles. The van der Waals surface area contributed by atoms with Gasteiger partial charge in [-0.15, -0.1) is 0 Å². The van der Waals surface area contributed by atoms with E-state index in [1.54, 1.807) is 6.92 Å². The van der Waals surface area contributed by atoms with E-state index in [1.807, 2.05) is 0 Å². The molecule has 88 valence electrons. The molecule has 0 aromatic carbocycles. The second-order valence-corrected chi connectivity index (χ2v) is 3.98. The van der Waals surface area contributed by atoms with Crippen molar-refractivity contribution in [1.29, 1.82) is 0 Å². The monoisotopic (exact) mass is 224 g/mol. The Morgan fingerprint density at radius 2 is 2.07 bits per heavy atom. The van der Waals surface area contributed by atoms with Crippen molar-refractivity contribution >= 4 is 5.91 Å². The molecule has 1 heterocycles. The first-order valence-corrected chi connectivity index (χ1v) is 4.94. The maximum Gasteiger partial charge on any atom is 0.389 e. The molecule has 1 atom stereocenters. The number of hydrogen-bond acceptors (Lipinski definition) is 2. The predicted octanol–water partition coefficient (Wildman–Crippen LogP) is 1.20. The molecule has 1 aliphatic rings. The van der Waals surface area contributed by atoms with Crippen LogP contribution in [0.15, 0.2) is 0 Å². The number of alkyl halides is 3. The molecule has 0 aromatic rings. The highest BCUT2D eigenvalue weighted by atomic mass is 19.4. The molecular formula is C9H15F3N2O. The topological polar surface area (TPSA) is 41.1 Å². The van der Waals surface area contributed by atoms with E-state index >= 15 is 0 Å². The first kappa shape index (κ1) is 12.3. The predicted molar refractivity (Wildman–Crippen MR) is 49.3 cm³/mol. The van der Waals surface area contributed by atoms with E-state index < -0.39 is 18.1 Å². The Morgan fingerprint density at radius 3 is 2.60 bits per heavy atom. The van der Waals surface area contributed by atoms with E-state index in [0.717, 1.165) is 0 Å². The minimum atomic E-state index is -4.14. The van der Waals surface area contributed by atoms with Crippen LogP contribution in [-0.2, 0) is 4.79 Å². The van der Waals surface area contributed by atoms with Crippen molar-refractivity contribution in [1.82, 2.24) is 10.6 Å². The summed E-state index contributed by atoms with van der Waals surface area (Å²) in [5.41, 5.74) is -0.844. The SMILES string of the molecule is CC1(CCCC(F)(F)F)NCCNC1=O. The van der Waals surface area contributed by atoms with Crippen molar-refractivity contribution in [3.05, 3.63) is 0 Å². The van der Waals surface area contributed by atoms with Gasteiger partial charge >= 0.3 is 6.18 Å². The van der Waals surface area contributed by atoms with Crippen LogP contribution in [0.5, 0.6) is 0 Å². The quantitative estimate of drug-likeness (QED) is 0.756. The van der Waals surface area contributed by atoms with Crippen molar-refractivity contribution < 1.29 is 18.0 Å². The lowest BCUT2D eigenvalue weighted by Crippen LogP contribution is -2.61. The van der Waals surface area contributed by atoms with Crippen LogP contribution in [0.3, 0.4) is 0 Å². The van der Waals surface area contributed by atoms with Crippen LogP contribution < -0.4 is 10.6 Å². The summed E-state index contributed by atoms with van der Waals surface area (Å²) in [6.45, 7) is 2.78. The van der Waals surface area contributed by atoms with Gasteiger partial charge in [0.05, 0.1) is 5.54 Å². The standard InChI is InChI=1S/C9H15F3N2O/c1-8(3-2-4-9(10,11)12)7(15)13-5-6-14-8/h14H,2-6H2,1H3,(H,13,15). The van der Waals surface area contributed by atoms with Gasteiger partial charge in [-0.25, -0.2) is 0 Å². The number of carbonyl (C=O) groups excluding carboxylic acids is 1. The average molecular weight is 224 g/mol. The molecule has 1 amide bonds. The smallest absolute Gasteiger partial charge is 0.353 e. The summed E-state index contributed by atoms with van der Waals surface area (Å²) < 4.78 is 35.7. The number of hydrogen-bond donors (Lipinski definition) is 2. The van der Waals surface area contributed by atoms with Gasteiger partial charge in [-0.05, 0) is 19.8 Å². The van der Waals surface area contributed by atoms with E-state index in [9.17, 15) is 18.0 Å². The van der Waals surface area contributed by atoms with Gasteiger partial charge in [0.2, 0.25) is 5.91 Å². The zero-order chi connectivity index (χ0) is 11.5. The van der Waals surface area contributed by atoms with Crippen LogP contribution in [0, 0.1) is 0 Å². The summed E-state index contributed by atoms with van der Waals surface area (Å²) in [5, 5.41) is 5.59. The van der Waals surface area contributed by atoms with E-state index in [0.29, 0.717) is 13.1 Å². The molecule has 0 saturated carbocycles. The lowest BCUT2D eigenvalue weighted by atomic mass is 9.92. The third kappa shape index (κ3) is 3.70. The van der Waals surface area contributed by atoms with E-state index in [4.69, 9.17) is 0 Å². The Labute approximate surface area is 86.4 Å². The molecule has 2 N–H and O–H groups in total. The molecule has 3 nitrogen and oxygen atoms in total. The summed E-state index contributed by atoms with van der Waals surface area (Å²) in [6, 6.07) is 0. The Bertz CT molecular complexity index is 242. The fourth-order valence-corrected chi connectivity index (χ4v) is 1.63. The minimum Gasteiger partial charge on any atom is -0.353 e. The van der Waals surface area contributed by atoms with Crippen LogP contribution in [0.25, 0.3) is 0 Å². The first-order chi connectivity index (χ1) is 6.83. The van der Waals surface area contributed by atoms with Gasteiger partial charge in [-0.2, -0.15) is 13.2 Å². The molecule has 0 bridgehead atoms. The highest BCUT2D eigenvalue weighted by molar-refractivity contribution is 5.86. The molecule has 1 unspecified atom stereocenters. The molecule has 1 rings (SSSR count). The van der Waals surface area contributed by atoms with Gasteiger partial charge in [-0.1, -0.05) is 0 Å². The maximum atomic E-state index is 11.9. The normalized spacial score (nSPS) is 27.6. The first-order valence-electron chi connectivity index (χ1n) is 4.94. The largest absolute Gasteiger partial charge is 0.389 e. The second-order valence-electron chi connectivity index (χ2n) is 3.98. The zero-order valence-corrected chi connectivity index (χ0v) is 8.58. The third-order valence-electron chi connectivity index (χ3n) is 2.56. The van der Waals surface area contributed by atoms with Crippen LogP contribution in [0.1, 0.15) is 26.2 Å². The van der Waals surface area contributed by atoms with Gasteiger partial charge in [0.15, 0.2) is 0 Å². The van der Waals surface area contributed by atoms with Gasteiger partial charge in [-0.3, -0.25) is 4.79 Å². The van der Waals surface area contributed by atoms with Crippen LogP contribution in [0.2, 0.25) is 0 Å². The molecule has 6 heteroatoms. The highest BCUT2D eigenvalue weighted by Gasteiger charge is 2.36. The van der Waals surface area contributed by atoms with E-state index in [-0.39, 0.29) is 18.7 Å². The van der Waals surface area contributed by atoms with Crippen molar-refractivity contribution in [3.63, 3.8) is 0 Å². The molecule has 0 spiro atoms. The molecular weight excluding hydrogens is 209 g/mol. The Hall–Kier alpha value is -0.780. The van der Waals surface area contributed by atoms with Crippen LogP contribution in [0.4, 0.5) is 13.2 Å². The van der Waals surface area contributed by atoms with Crippen LogP contribution in [-0.4, -0.2) is 30.7 Å². The maximum absolute atomic E-state index is 11.9. The number of halogens is 3. The van der Waals surface area contributed by atoms with Crippen molar-refractivity contribution in [2.75, 3.05) is 13.1 Å². The van der Waals surface area contributed by atoms with E-state index in [1.165, 1.54) is 0 Å². The number of piperazine rings is 1. The third-order valence-corrected chi connectivity index (χ3v) is 2.56. The van der Waals surface area contributed by atoms with E-state index in [2.05, 4.69) is 10.6 Å². The fourth-order valence-electron chi connectivity index (χ4n) is 1.63. The van der Waals surface area contributed by atoms with Gasteiger partial charge in [0.25, 0.3) is 0 Å². The number of amides is 1.